The Kier molecular flexibility index (Phi) is 6.05. The van der Waals surface area contributed by atoms with Crippen molar-refractivity contribution in [2.45, 2.75) is 50.6 Å². The van der Waals surface area contributed by atoms with Crippen LogP contribution in [-0.2, 0) is 11.2 Å². The zero-order chi connectivity index (χ0) is 22.1. The molecule has 2 aromatic rings. The Labute approximate surface area is 180 Å². The van der Waals surface area contributed by atoms with Crippen molar-refractivity contribution in [2.24, 2.45) is 5.73 Å². The number of carbonyl (C=O) groups excluding carboxylic acids is 2. The molecule has 1 aliphatic heterocycles. The molecule has 164 valence electrons. The lowest BCUT2D eigenvalue weighted by atomic mass is 9.91. The van der Waals surface area contributed by atoms with Crippen molar-refractivity contribution < 1.29 is 18.4 Å². The first-order chi connectivity index (χ1) is 14.8. The fourth-order valence-electron chi connectivity index (χ4n) is 4.71. The minimum atomic E-state index is -0.879. The number of aryl methyl sites for hydroxylation is 2. The summed E-state index contributed by atoms with van der Waals surface area (Å²) in [7, 11) is 0. The Morgan fingerprint density at radius 3 is 2.74 bits per heavy atom. The largest absolute Gasteiger partial charge is 0.347 e. The van der Waals surface area contributed by atoms with Crippen molar-refractivity contribution >= 4 is 11.8 Å². The molecular formula is C24H27F2N3O2. The minimum Gasteiger partial charge on any atom is -0.347 e. The van der Waals surface area contributed by atoms with Crippen LogP contribution in [0.3, 0.4) is 0 Å². The predicted octanol–water partition coefficient (Wildman–Crippen LogP) is 3.05. The number of benzene rings is 2. The molecule has 7 heteroatoms. The van der Waals surface area contributed by atoms with Crippen LogP contribution in [0, 0.1) is 18.6 Å². The topological polar surface area (TPSA) is 75.4 Å². The molecule has 3 N–H and O–H groups in total. The number of nitrogens with zero attached hydrogens (tertiary/aromatic N) is 1. The quantitative estimate of drug-likeness (QED) is 0.770. The molecule has 4 rings (SSSR count). The molecular weight excluding hydrogens is 400 g/mol. The van der Waals surface area contributed by atoms with E-state index in [0.717, 1.165) is 11.1 Å². The molecule has 0 aromatic heterocycles. The highest BCUT2D eigenvalue weighted by Crippen LogP contribution is 2.37. The van der Waals surface area contributed by atoms with E-state index in [2.05, 4.69) is 5.32 Å². The van der Waals surface area contributed by atoms with Crippen LogP contribution in [0.15, 0.2) is 36.4 Å². The van der Waals surface area contributed by atoms with Gasteiger partial charge in [-0.3, -0.25) is 9.59 Å². The fraction of sp³-hybridized carbons (Fsp3) is 0.417. The lowest BCUT2D eigenvalue weighted by Gasteiger charge is -2.23. The van der Waals surface area contributed by atoms with Gasteiger partial charge in [-0.15, -0.1) is 0 Å². The molecule has 1 heterocycles. The summed E-state index contributed by atoms with van der Waals surface area (Å²) in [5.74, 6) is -2.10. The van der Waals surface area contributed by atoms with Crippen molar-refractivity contribution in [3.8, 4) is 0 Å². The third kappa shape index (κ3) is 4.61. The number of nitrogens with one attached hydrogen (secondary N) is 1. The lowest BCUT2D eigenvalue weighted by Crippen LogP contribution is -2.40. The summed E-state index contributed by atoms with van der Waals surface area (Å²) in [5, 5.41) is 3.00. The molecule has 3 unspecified atom stereocenters. The van der Waals surface area contributed by atoms with Crippen LogP contribution < -0.4 is 11.1 Å². The molecule has 0 saturated carbocycles. The van der Waals surface area contributed by atoms with Gasteiger partial charge in [0.15, 0.2) is 11.6 Å². The first kappa shape index (κ1) is 21.4. The van der Waals surface area contributed by atoms with Gasteiger partial charge in [-0.05, 0) is 61.6 Å². The van der Waals surface area contributed by atoms with Crippen molar-refractivity contribution in [3.63, 3.8) is 0 Å². The van der Waals surface area contributed by atoms with Crippen molar-refractivity contribution in [2.75, 3.05) is 13.1 Å². The van der Waals surface area contributed by atoms with Crippen molar-refractivity contribution in [1.82, 2.24) is 10.2 Å². The Balaban J connectivity index is 1.32. The van der Waals surface area contributed by atoms with Crippen LogP contribution in [0.2, 0.25) is 0 Å². The van der Waals surface area contributed by atoms with Gasteiger partial charge >= 0.3 is 0 Å². The van der Waals surface area contributed by atoms with Crippen LogP contribution >= 0.6 is 0 Å². The average Bonchev–Trinajstić information content (AvgIpc) is 3.35. The summed E-state index contributed by atoms with van der Waals surface area (Å²) in [4.78, 5) is 27.0. The number of hydrogen-bond acceptors (Lipinski definition) is 3. The normalized spacial score (nSPS) is 21.1. The molecule has 1 fully saturated rings. The van der Waals surface area contributed by atoms with Crippen molar-refractivity contribution in [3.05, 3.63) is 70.3 Å². The van der Waals surface area contributed by atoms with Crippen LogP contribution in [0.1, 0.15) is 52.2 Å². The molecule has 2 aromatic carbocycles. The molecule has 0 radical (unpaired) electrons. The molecule has 31 heavy (non-hydrogen) atoms. The van der Waals surface area contributed by atoms with E-state index in [-0.39, 0.29) is 30.2 Å². The standard InChI is InChI=1S/C24H27F2N3O2/c1-14-3-2-4-16(9-14)24(31)28-17-7-8-29(13-17)23(30)12-22(27)18-6-5-15-10-20(25)21(26)11-19(15)18/h2-4,9-11,17-18,22H,5-8,12-13,27H2,1H3,(H,28,31). The van der Waals surface area contributed by atoms with E-state index in [0.29, 0.717) is 43.5 Å². The number of carbonyl (C=O) groups is 2. The maximum atomic E-state index is 13.7. The maximum absolute atomic E-state index is 13.7. The summed E-state index contributed by atoms with van der Waals surface area (Å²) in [6.07, 6.45) is 2.15. The van der Waals surface area contributed by atoms with E-state index in [1.165, 1.54) is 12.1 Å². The molecule has 2 amide bonds. The van der Waals surface area contributed by atoms with Gasteiger partial charge in [0.1, 0.15) is 0 Å². The van der Waals surface area contributed by atoms with E-state index < -0.39 is 17.7 Å². The highest BCUT2D eigenvalue weighted by molar-refractivity contribution is 5.94. The monoisotopic (exact) mass is 427 g/mol. The first-order valence-corrected chi connectivity index (χ1v) is 10.7. The number of fused-ring (bicyclic) bond motifs is 1. The molecule has 1 aliphatic carbocycles. The number of likely N-dealkylation sites (tertiary alicyclic amines) is 1. The van der Waals surface area contributed by atoms with Crippen LogP contribution in [-0.4, -0.2) is 41.9 Å². The van der Waals surface area contributed by atoms with Gasteiger partial charge in [0.25, 0.3) is 5.91 Å². The summed E-state index contributed by atoms with van der Waals surface area (Å²) in [6, 6.07) is 9.28. The van der Waals surface area contributed by atoms with Gasteiger partial charge in [0.2, 0.25) is 5.91 Å². The highest BCUT2D eigenvalue weighted by atomic mass is 19.2. The number of halogens is 2. The van der Waals surface area contributed by atoms with Gasteiger partial charge in [0.05, 0.1) is 0 Å². The molecule has 3 atom stereocenters. The van der Waals surface area contributed by atoms with Gasteiger partial charge in [-0.25, -0.2) is 8.78 Å². The number of amides is 2. The van der Waals surface area contributed by atoms with E-state index in [4.69, 9.17) is 5.73 Å². The first-order valence-electron chi connectivity index (χ1n) is 10.7. The molecule has 2 aliphatic rings. The molecule has 5 nitrogen and oxygen atoms in total. The minimum absolute atomic E-state index is 0.0733. The Morgan fingerprint density at radius 1 is 1.19 bits per heavy atom. The second kappa shape index (κ2) is 8.75. The summed E-state index contributed by atoms with van der Waals surface area (Å²) < 4.78 is 27.2. The summed E-state index contributed by atoms with van der Waals surface area (Å²) >= 11 is 0. The van der Waals surface area contributed by atoms with Gasteiger partial charge < -0.3 is 16.0 Å². The predicted molar refractivity (Wildman–Crippen MR) is 114 cm³/mol. The summed E-state index contributed by atoms with van der Waals surface area (Å²) in [5.41, 5.74) is 9.43. The lowest BCUT2D eigenvalue weighted by molar-refractivity contribution is -0.130. The SMILES string of the molecule is Cc1cccc(C(=O)NC2CCN(C(=O)CC(N)C3CCc4cc(F)c(F)cc43)C2)c1. The second-order valence-corrected chi connectivity index (χ2v) is 8.65. The maximum Gasteiger partial charge on any atom is 0.251 e. The van der Waals surface area contributed by atoms with E-state index >= 15 is 0 Å². The third-order valence-corrected chi connectivity index (χ3v) is 6.39. The van der Waals surface area contributed by atoms with Crippen molar-refractivity contribution in [1.29, 1.82) is 0 Å². The van der Waals surface area contributed by atoms with Crippen LogP contribution in [0.25, 0.3) is 0 Å². The van der Waals surface area contributed by atoms with E-state index in [1.807, 2.05) is 25.1 Å². The Bertz CT molecular complexity index is 1010. The fourth-order valence-corrected chi connectivity index (χ4v) is 4.71. The summed E-state index contributed by atoms with van der Waals surface area (Å²) in [6.45, 7) is 2.94. The average molecular weight is 427 g/mol. The van der Waals surface area contributed by atoms with Gasteiger partial charge in [0, 0.05) is 43.1 Å². The number of nitrogens with two attached hydrogens (primary N) is 1. The van der Waals surface area contributed by atoms with Gasteiger partial charge in [-0.1, -0.05) is 17.7 Å². The zero-order valence-electron chi connectivity index (χ0n) is 17.5. The Morgan fingerprint density at radius 2 is 1.97 bits per heavy atom. The molecule has 1 saturated heterocycles. The van der Waals surface area contributed by atoms with Crippen LogP contribution in [0.5, 0.6) is 0 Å². The number of hydrogen-bond donors (Lipinski definition) is 2. The second-order valence-electron chi connectivity index (χ2n) is 8.65. The molecule has 0 bridgehead atoms. The van der Waals surface area contributed by atoms with Crippen LogP contribution in [0.4, 0.5) is 8.78 Å². The number of rotatable bonds is 5. The highest BCUT2D eigenvalue weighted by Gasteiger charge is 2.33. The molecule has 0 spiro atoms. The zero-order valence-corrected chi connectivity index (χ0v) is 17.5. The van der Waals surface area contributed by atoms with E-state index in [9.17, 15) is 18.4 Å². The smallest absolute Gasteiger partial charge is 0.251 e. The third-order valence-electron chi connectivity index (χ3n) is 6.39. The Hall–Kier alpha value is -2.80. The van der Waals surface area contributed by atoms with E-state index in [1.54, 1.807) is 11.0 Å². The van der Waals surface area contributed by atoms with Gasteiger partial charge in [-0.2, -0.15) is 0 Å².